The van der Waals surface area contributed by atoms with Gasteiger partial charge in [0, 0.05) is 11.6 Å². The first-order valence-electron chi connectivity index (χ1n) is 8.70. The second-order valence-corrected chi connectivity index (χ2v) is 9.87. The van der Waals surface area contributed by atoms with Crippen molar-refractivity contribution in [2.24, 2.45) is 0 Å². The molecule has 1 heterocycles. The van der Waals surface area contributed by atoms with Crippen LogP contribution in [-0.4, -0.2) is 18.7 Å². The molecule has 0 radical (unpaired) electrons. The zero-order valence-corrected chi connectivity index (χ0v) is 15.3. The normalized spacial score (nSPS) is 14.0. The molecule has 0 aromatic heterocycles. The SMILES string of the molecule is O=C1C=C(C[P+](c2ccccc2)(c2ccccc2)c2ccccc2)CO1. The van der Waals surface area contributed by atoms with Crippen LogP contribution in [0.3, 0.4) is 0 Å². The molecule has 0 spiro atoms. The van der Waals surface area contributed by atoms with E-state index in [2.05, 4.69) is 91.0 Å². The lowest BCUT2D eigenvalue weighted by Gasteiger charge is -2.27. The maximum absolute atomic E-state index is 11.7. The van der Waals surface area contributed by atoms with Crippen molar-refractivity contribution in [1.29, 1.82) is 0 Å². The van der Waals surface area contributed by atoms with E-state index in [0.29, 0.717) is 6.61 Å². The average molecular weight is 359 g/mol. The van der Waals surface area contributed by atoms with Gasteiger partial charge in [-0.1, -0.05) is 54.6 Å². The van der Waals surface area contributed by atoms with E-state index in [1.807, 2.05) is 0 Å². The second kappa shape index (κ2) is 7.27. The maximum Gasteiger partial charge on any atom is 0.331 e. The van der Waals surface area contributed by atoms with Gasteiger partial charge in [-0.25, -0.2) is 4.79 Å². The van der Waals surface area contributed by atoms with Crippen LogP contribution in [0, 0.1) is 0 Å². The fourth-order valence-corrected chi connectivity index (χ4v) is 7.86. The summed E-state index contributed by atoms with van der Waals surface area (Å²) in [5, 5.41) is 3.95. The predicted molar refractivity (Wildman–Crippen MR) is 109 cm³/mol. The van der Waals surface area contributed by atoms with Crippen LogP contribution >= 0.6 is 7.26 Å². The van der Waals surface area contributed by atoms with Crippen LogP contribution in [0.2, 0.25) is 0 Å². The number of hydrogen-bond donors (Lipinski definition) is 0. The van der Waals surface area contributed by atoms with E-state index < -0.39 is 7.26 Å². The number of ether oxygens (including phenoxy) is 1. The van der Waals surface area contributed by atoms with Gasteiger partial charge in [-0.3, -0.25) is 0 Å². The molecule has 3 heteroatoms. The van der Waals surface area contributed by atoms with Crippen LogP contribution in [0.1, 0.15) is 0 Å². The summed E-state index contributed by atoms with van der Waals surface area (Å²) in [6.45, 7) is 0.396. The molecule has 0 bridgehead atoms. The molecule has 0 saturated carbocycles. The molecule has 2 nitrogen and oxygen atoms in total. The smallest absolute Gasteiger partial charge is 0.331 e. The van der Waals surface area contributed by atoms with Crippen LogP contribution in [-0.2, 0) is 9.53 Å². The first kappa shape index (κ1) is 16.8. The van der Waals surface area contributed by atoms with Crippen molar-refractivity contribution in [3.05, 3.63) is 103 Å². The second-order valence-electron chi connectivity index (χ2n) is 6.38. The summed E-state index contributed by atoms with van der Waals surface area (Å²) in [4.78, 5) is 11.7. The Morgan fingerprint density at radius 2 is 1.12 bits per heavy atom. The molecular formula is C23H20O2P+. The Bertz CT molecular complexity index is 822. The Hall–Kier alpha value is -2.70. The molecule has 3 aromatic rings. The molecule has 0 atom stereocenters. The van der Waals surface area contributed by atoms with Gasteiger partial charge in [-0.2, -0.15) is 0 Å². The van der Waals surface area contributed by atoms with Crippen LogP contribution in [0.25, 0.3) is 0 Å². The molecule has 0 unspecified atom stereocenters. The largest absolute Gasteiger partial charge is 0.458 e. The summed E-state index contributed by atoms with van der Waals surface area (Å²) < 4.78 is 5.21. The molecule has 0 amide bonds. The van der Waals surface area contributed by atoms with Crippen LogP contribution in [0.4, 0.5) is 0 Å². The number of benzene rings is 3. The van der Waals surface area contributed by atoms with Crippen molar-refractivity contribution in [3.63, 3.8) is 0 Å². The highest BCUT2D eigenvalue weighted by Gasteiger charge is 2.46. The summed E-state index contributed by atoms with van der Waals surface area (Å²) in [6, 6.07) is 32.0. The lowest BCUT2D eigenvalue weighted by molar-refractivity contribution is -0.134. The van der Waals surface area contributed by atoms with E-state index in [-0.39, 0.29) is 5.97 Å². The van der Waals surface area contributed by atoms with Gasteiger partial charge in [0.1, 0.15) is 29.8 Å². The summed E-state index contributed by atoms with van der Waals surface area (Å²) in [5.41, 5.74) is 1.07. The maximum atomic E-state index is 11.7. The van der Waals surface area contributed by atoms with Crippen LogP contribution in [0.5, 0.6) is 0 Å². The average Bonchev–Trinajstić information content (AvgIpc) is 3.13. The summed E-state index contributed by atoms with van der Waals surface area (Å²) in [5.74, 6) is -0.229. The molecule has 1 aliphatic rings. The van der Waals surface area contributed by atoms with Crippen molar-refractivity contribution < 1.29 is 9.53 Å². The molecule has 3 aromatic carbocycles. The third kappa shape index (κ3) is 3.09. The highest BCUT2D eigenvalue weighted by molar-refractivity contribution is 7.95. The molecular weight excluding hydrogens is 339 g/mol. The third-order valence-electron chi connectivity index (χ3n) is 4.75. The van der Waals surface area contributed by atoms with Gasteiger partial charge in [0.2, 0.25) is 0 Å². The third-order valence-corrected chi connectivity index (χ3v) is 9.17. The highest BCUT2D eigenvalue weighted by atomic mass is 31.2. The molecule has 26 heavy (non-hydrogen) atoms. The number of esters is 1. The number of carbonyl (C=O) groups excluding carboxylic acids is 1. The topological polar surface area (TPSA) is 26.3 Å². The van der Waals surface area contributed by atoms with Crippen molar-refractivity contribution in [3.8, 4) is 0 Å². The zero-order chi connectivity index (χ0) is 17.8. The van der Waals surface area contributed by atoms with Gasteiger partial charge >= 0.3 is 5.97 Å². The minimum absolute atomic E-state index is 0.229. The Balaban J connectivity index is 1.97. The Labute approximate surface area is 154 Å². The van der Waals surface area contributed by atoms with E-state index in [4.69, 9.17) is 4.74 Å². The van der Waals surface area contributed by atoms with E-state index in [0.717, 1.165) is 11.7 Å². The number of rotatable bonds is 5. The fourth-order valence-electron chi connectivity index (χ4n) is 3.58. The van der Waals surface area contributed by atoms with Crippen molar-refractivity contribution in [2.75, 3.05) is 12.8 Å². The Morgan fingerprint density at radius 3 is 1.46 bits per heavy atom. The molecule has 4 rings (SSSR count). The zero-order valence-electron chi connectivity index (χ0n) is 14.4. The van der Waals surface area contributed by atoms with Gasteiger partial charge in [0.25, 0.3) is 0 Å². The molecule has 1 aliphatic heterocycles. The van der Waals surface area contributed by atoms with Crippen LogP contribution in [0.15, 0.2) is 103 Å². The van der Waals surface area contributed by atoms with Gasteiger partial charge in [-0.05, 0) is 36.4 Å². The Kier molecular flexibility index (Phi) is 4.69. The van der Waals surface area contributed by atoms with E-state index in [9.17, 15) is 4.79 Å². The van der Waals surface area contributed by atoms with E-state index >= 15 is 0 Å². The van der Waals surface area contributed by atoms with E-state index in [1.165, 1.54) is 15.9 Å². The number of cyclic esters (lactones) is 1. The monoisotopic (exact) mass is 359 g/mol. The van der Waals surface area contributed by atoms with E-state index in [1.54, 1.807) is 6.08 Å². The van der Waals surface area contributed by atoms with Gasteiger partial charge in [0.15, 0.2) is 0 Å². The molecule has 128 valence electrons. The predicted octanol–water partition coefficient (Wildman–Crippen LogP) is 3.46. The summed E-state index contributed by atoms with van der Waals surface area (Å²) >= 11 is 0. The number of carbonyl (C=O) groups is 1. The van der Waals surface area contributed by atoms with Crippen molar-refractivity contribution in [2.45, 2.75) is 0 Å². The fraction of sp³-hybridized carbons (Fsp3) is 0.0870. The standard InChI is InChI=1S/C23H20O2P/c24-23-16-19(17-25-23)18-26(20-10-4-1-5-11-20,21-12-6-2-7-13-21)22-14-8-3-9-15-22/h1-16H,17-18H2/q+1. The minimum atomic E-state index is -1.93. The lowest BCUT2D eigenvalue weighted by Crippen LogP contribution is -2.34. The molecule has 0 aliphatic carbocycles. The summed E-state index contributed by atoms with van der Waals surface area (Å²) in [7, 11) is -1.93. The van der Waals surface area contributed by atoms with Gasteiger partial charge < -0.3 is 4.74 Å². The van der Waals surface area contributed by atoms with Crippen LogP contribution < -0.4 is 15.9 Å². The first-order valence-corrected chi connectivity index (χ1v) is 10.7. The number of hydrogen-bond acceptors (Lipinski definition) is 2. The van der Waals surface area contributed by atoms with Crippen molar-refractivity contribution >= 4 is 29.1 Å². The quantitative estimate of drug-likeness (QED) is 0.515. The minimum Gasteiger partial charge on any atom is -0.458 e. The molecule has 0 fully saturated rings. The first-order chi connectivity index (χ1) is 12.8. The van der Waals surface area contributed by atoms with Crippen molar-refractivity contribution in [1.82, 2.24) is 0 Å². The lowest BCUT2D eigenvalue weighted by atomic mass is 10.3. The molecule has 0 saturated heterocycles. The molecule has 0 N–H and O–H groups in total. The van der Waals surface area contributed by atoms with Gasteiger partial charge in [-0.15, -0.1) is 0 Å². The summed E-state index contributed by atoms with van der Waals surface area (Å²) in [6.07, 6.45) is 2.49. The Morgan fingerprint density at radius 1 is 0.692 bits per heavy atom. The van der Waals surface area contributed by atoms with Gasteiger partial charge in [0.05, 0.1) is 6.16 Å². The highest BCUT2D eigenvalue weighted by Crippen LogP contribution is 2.56.